The van der Waals surface area contributed by atoms with Crippen molar-refractivity contribution in [2.75, 3.05) is 19.0 Å². The first-order valence-electron chi connectivity index (χ1n) is 6.06. The van der Waals surface area contributed by atoms with Crippen LogP contribution in [0, 0.1) is 5.82 Å². The van der Waals surface area contributed by atoms with Gasteiger partial charge in [-0.2, -0.15) is 0 Å². The normalized spacial score (nSPS) is 14.1. The fraction of sp³-hybridized carbons (Fsp3) is 0.462. The molecule has 0 heterocycles. The van der Waals surface area contributed by atoms with Crippen molar-refractivity contribution >= 4 is 11.6 Å². The number of carbonyl (C=O) groups excluding carboxylic acids is 1. The molecule has 0 aromatic heterocycles. The lowest BCUT2D eigenvalue weighted by molar-refractivity contribution is -0.120. The van der Waals surface area contributed by atoms with Gasteiger partial charge >= 0.3 is 0 Å². The van der Waals surface area contributed by atoms with Crippen LogP contribution in [0.5, 0.6) is 5.75 Å². The molecule has 0 atom stereocenters. The quantitative estimate of drug-likeness (QED) is 0.813. The van der Waals surface area contributed by atoms with Gasteiger partial charge in [0.2, 0.25) is 5.91 Å². The zero-order valence-electron chi connectivity index (χ0n) is 10.3. The standard InChI is InChI=1S/C13H17FN2O2/c1-18-12-8-9(14)2-5-11(12)15-7-6-13(17)16-10-3-4-10/h2,5,8,10,15H,3-4,6-7H2,1H3,(H,16,17). The molecule has 18 heavy (non-hydrogen) atoms. The number of hydrogen-bond donors (Lipinski definition) is 2. The Morgan fingerprint density at radius 3 is 2.94 bits per heavy atom. The van der Waals surface area contributed by atoms with Gasteiger partial charge in [-0.25, -0.2) is 4.39 Å². The van der Waals surface area contributed by atoms with Crippen LogP contribution in [0.1, 0.15) is 19.3 Å². The maximum absolute atomic E-state index is 13.0. The number of ether oxygens (including phenoxy) is 1. The van der Waals surface area contributed by atoms with Crippen LogP contribution in [0.25, 0.3) is 0 Å². The van der Waals surface area contributed by atoms with Crippen molar-refractivity contribution in [2.45, 2.75) is 25.3 Å². The van der Waals surface area contributed by atoms with E-state index < -0.39 is 0 Å². The number of carbonyl (C=O) groups is 1. The van der Waals surface area contributed by atoms with Crippen LogP contribution < -0.4 is 15.4 Å². The van der Waals surface area contributed by atoms with Gasteiger partial charge in [0.15, 0.2) is 0 Å². The second kappa shape index (κ2) is 5.71. The number of rotatable bonds is 6. The Kier molecular flexibility index (Phi) is 4.02. The third-order valence-electron chi connectivity index (χ3n) is 2.77. The second-order valence-electron chi connectivity index (χ2n) is 4.36. The fourth-order valence-corrected chi connectivity index (χ4v) is 1.65. The van der Waals surface area contributed by atoms with E-state index in [9.17, 15) is 9.18 Å². The highest BCUT2D eigenvalue weighted by molar-refractivity contribution is 5.77. The van der Waals surface area contributed by atoms with Crippen LogP contribution in [-0.4, -0.2) is 25.6 Å². The Labute approximate surface area is 106 Å². The lowest BCUT2D eigenvalue weighted by Gasteiger charge is -2.11. The highest BCUT2D eigenvalue weighted by Crippen LogP contribution is 2.24. The molecule has 0 bridgehead atoms. The zero-order valence-corrected chi connectivity index (χ0v) is 10.3. The van der Waals surface area contributed by atoms with E-state index in [4.69, 9.17) is 4.74 Å². The van der Waals surface area contributed by atoms with Gasteiger partial charge in [0.1, 0.15) is 11.6 Å². The zero-order chi connectivity index (χ0) is 13.0. The summed E-state index contributed by atoms with van der Waals surface area (Å²) in [5, 5.41) is 5.97. The Morgan fingerprint density at radius 1 is 1.50 bits per heavy atom. The van der Waals surface area contributed by atoms with Gasteiger partial charge < -0.3 is 15.4 Å². The minimum Gasteiger partial charge on any atom is -0.494 e. The molecule has 4 nitrogen and oxygen atoms in total. The number of methoxy groups -OCH3 is 1. The van der Waals surface area contributed by atoms with Crippen molar-refractivity contribution in [3.05, 3.63) is 24.0 Å². The third kappa shape index (κ3) is 3.61. The lowest BCUT2D eigenvalue weighted by Crippen LogP contribution is -2.27. The molecule has 1 aromatic rings. The molecule has 0 radical (unpaired) electrons. The topological polar surface area (TPSA) is 50.4 Å². The third-order valence-corrected chi connectivity index (χ3v) is 2.77. The van der Waals surface area contributed by atoms with E-state index in [2.05, 4.69) is 10.6 Å². The molecule has 1 aliphatic carbocycles. The molecule has 0 spiro atoms. The molecular weight excluding hydrogens is 235 g/mol. The molecule has 0 aliphatic heterocycles. The maximum atomic E-state index is 13.0. The molecule has 5 heteroatoms. The Hall–Kier alpha value is -1.78. The summed E-state index contributed by atoms with van der Waals surface area (Å²) in [6, 6.07) is 4.66. The van der Waals surface area contributed by atoms with E-state index in [1.807, 2.05) is 0 Å². The second-order valence-corrected chi connectivity index (χ2v) is 4.36. The molecule has 0 saturated heterocycles. The number of benzene rings is 1. The summed E-state index contributed by atoms with van der Waals surface area (Å²) in [4.78, 5) is 11.4. The molecule has 1 amide bonds. The van der Waals surface area contributed by atoms with Gasteiger partial charge in [0.25, 0.3) is 0 Å². The van der Waals surface area contributed by atoms with Crippen molar-refractivity contribution < 1.29 is 13.9 Å². The van der Waals surface area contributed by atoms with Gasteiger partial charge in [-0.3, -0.25) is 4.79 Å². The minimum atomic E-state index is -0.344. The molecule has 1 fully saturated rings. The summed E-state index contributed by atoms with van der Waals surface area (Å²) in [6.45, 7) is 0.501. The molecule has 1 aliphatic rings. The van der Waals surface area contributed by atoms with E-state index in [0.29, 0.717) is 30.4 Å². The molecule has 1 saturated carbocycles. The van der Waals surface area contributed by atoms with Crippen molar-refractivity contribution in [3.8, 4) is 5.75 Å². The Balaban J connectivity index is 1.79. The summed E-state index contributed by atoms with van der Waals surface area (Å²) in [5.41, 5.74) is 0.693. The van der Waals surface area contributed by atoms with Gasteiger partial charge in [0, 0.05) is 25.1 Å². The summed E-state index contributed by atoms with van der Waals surface area (Å²) >= 11 is 0. The highest BCUT2D eigenvalue weighted by Gasteiger charge is 2.22. The number of halogens is 1. The van der Waals surface area contributed by atoms with Crippen molar-refractivity contribution in [1.29, 1.82) is 0 Å². The maximum Gasteiger partial charge on any atom is 0.221 e. The smallest absolute Gasteiger partial charge is 0.221 e. The average molecular weight is 252 g/mol. The van der Waals surface area contributed by atoms with E-state index >= 15 is 0 Å². The van der Waals surface area contributed by atoms with Crippen LogP contribution in [-0.2, 0) is 4.79 Å². The van der Waals surface area contributed by atoms with E-state index in [1.165, 1.54) is 19.2 Å². The summed E-state index contributed by atoms with van der Waals surface area (Å²) < 4.78 is 18.0. The van der Waals surface area contributed by atoms with Gasteiger partial charge in [0.05, 0.1) is 12.8 Å². The first-order valence-corrected chi connectivity index (χ1v) is 6.06. The molecule has 98 valence electrons. The van der Waals surface area contributed by atoms with Gasteiger partial charge in [-0.1, -0.05) is 0 Å². The van der Waals surface area contributed by atoms with Crippen LogP contribution in [0.4, 0.5) is 10.1 Å². The van der Waals surface area contributed by atoms with Crippen LogP contribution >= 0.6 is 0 Å². The summed E-state index contributed by atoms with van der Waals surface area (Å²) in [6.07, 6.45) is 2.58. The molecule has 2 N–H and O–H groups in total. The Bertz CT molecular complexity index is 433. The number of anilines is 1. The largest absolute Gasteiger partial charge is 0.494 e. The summed E-state index contributed by atoms with van der Waals surface area (Å²) in [5.74, 6) is 0.146. The first-order chi connectivity index (χ1) is 8.69. The van der Waals surface area contributed by atoms with Gasteiger partial charge in [-0.05, 0) is 25.0 Å². The highest BCUT2D eigenvalue weighted by atomic mass is 19.1. The molecule has 2 rings (SSSR count). The number of hydrogen-bond acceptors (Lipinski definition) is 3. The van der Waals surface area contributed by atoms with E-state index in [1.54, 1.807) is 6.07 Å². The van der Waals surface area contributed by atoms with E-state index in [-0.39, 0.29) is 11.7 Å². The molecular formula is C13H17FN2O2. The SMILES string of the molecule is COc1cc(F)ccc1NCCC(=O)NC1CC1. The van der Waals surface area contributed by atoms with Crippen molar-refractivity contribution in [3.63, 3.8) is 0 Å². The van der Waals surface area contributed by atoms with Gasteiger partial charge in [-0.15, -0.1) is 0 Å². The average Bonchev–Trinajstić information content (AvgIpc) is 3.14. The van der Waals surface area contributed by atoms with Crippen molar-refractivity contribution in [2.24, 2.45) is 0 Å². The predicted octanol–water partition coefficient (Wildman–Crippen LogP) is 1.91. The number of nitrogens with one attached hydrogen (secondary N) is 2. The monoisotopic (exact) mass is 252 g/mol. The predicted molar refractivity (Wildman–Crippen MR) is 67.2 cm³/mol. The minimum absolute atomic E-state index is 0.0473. The first kappa shape index (κ1) is 12.7. The van der Waals surface area contributed by atoms with Crippen molar-refractivity contribution in [1.82, 2.24) is 5.32 Å². The fourth-order valence-electron chi connectivity index (χ4n) is 1.65. The number of amides is 1. The van der Waals surface area contributed by atoms with Crippen LogP contribution in [0.3, 0.4) is 0 Å². The summed E-state index contributed by atoms with van der Waals surface area (Å²) in [7, 11) is 1.49. The van der Waals surface area contributed by atoms with Crippen LogP contribution in [0.15, 0.2) is 18.2 Å². The lowest BCUT2D eigenvalue weighted by atomic mass is 10.2. The molecule has 1 aromatic carbocycles. The Morgan fingerprint density at radius 2 is 2.28 bits per heavy atom. The molecule has 0 unspecified atom stereocenters. The van der Waals surface area contributed by atoms with Crippen LogP contribution in [0.2, 0.25) is 0 Å². The van der Waals surface area contributed by atoms with E-state index in [0.717, 1.165) is 12.8 Å².